The van der Waals surface area contributed by atoms with E-state index in [1.54, 1.807) is 37.1 Å². The average molecular weight is 1030 g/mol. The number of aromatic nitrogens is 8. The van der Waals surface area contributed by atoms with E-state index in [0.29, 0.717) is 43.9 Å². The predicted octanol–water partition coefficient (Wildman–Crippen LogP) is 3.24. The molecule has 0 aliphatic rings. The molecular formula is C40H48BI2N8O8-. The van der Waals surface area contributed by atoms with Crippen LogP contribution in [0.4, 0.5) is 0 Å². The van der Waals surface area contributed by atoms with Gasteiger partial charge in [0.1, 0.15) is 23.0 Å². The van der Waals surface area contributed by atoms with Crippen LogP contribution >= 0.6 is 22.6 Å². The fourth-order valence-corrected chi connectivity index (χ4v) is 8.98. The third kappa shape index (κ3) is 9.52. The van der Waals surface area contributed by atoms with Crippen LogP contribution < -0.4 is 38.0 Å². The Labute approximate surface area is 364 Å². The third-order valence-electron chi connectivity index (χ3n) is 9.61. The summed E-state index contributed by atoms with van der Waals surface area (Å²) in [7, 11) is 2.03. The van der Waals surface area contributed by atoms with Gasteiger partial charge in [0.15, 0.2) is 0 Å². The molecule has 19 heteroatoms. The minimum Gasteiger partial charge on any atom is -0.423 e. The van der Waals surface area contributed by atoms with Crippen LogP contribution in [0.1, 0.15) is 59.2 Å². The number of halogens is 2. The van der Waals surface area contributed by atoms with E-state index in [2.05, 4.69) is 69.6 Å². The first kappa shape index (κ1) is 45.4. The largest absolute Gasteiger partial charge is 0.494 e. The van der Waals surface area contributed by atoms with Gasteiger partial charge in [0.2, 0.25) is 0 Å². The van der Waals surface area contributed by atoms with Gasteiger partial charge in [-0.2, -0.15) is 0 Å². The van der Waals surface area contributed by atoms with Crippen LogP contribution in [0, 0.1) is 59.0 Å². The number of aromatic amines is 2. The Hall–Kier alpha value is -4.74. The molecule has 0 fully saturated rings. The van der Waals surface area contributed by atoms with Crippen molar-refractivity contribution in [3.63, 3.8) is 0 Å². The van der Waals surface area contributed by atoms with Crippen molar-refractivity contribution in [2.75, 3.05) is 9.36 Å². The number of imidazole rings is 2. The quantitative estimate of drug-likeness (QED) is 0.107. The summed E-state index contributed by atoms with van der Waals surface area (Å²) < 4.78 is 26.3. The molecule has 0 amide bonds. The summed E-state index contributed by atoms with van der Waals surface area (Å²) in [5, 5.41) is 33.1. The van der Waals surface area contributed by atoms with Crippen LogP contribution in [0.3, 0.4) is 0 Å². The molecule has 4 N–H and O–H groups in total. The van der Waals surface area contributed by atoms with Gasteiger partial charge in [0.25, 0.3) is 0 Å². The third-order valence-corrected chi connectivity index (χ3v) is 12.6. The fourth-order valence-electron chi connectivity index (χ4n) is 6.91. The number of aryl methyl sites for hydroxylation is 10. The maximum absolute atomic E-state index is 12.2. The second-order valence-corrected chi connectivity index (χ2v) is 17.7. The first-order chi connectivity index (χ1) is 27.9. The zero-order chi connectivity index (χ0) is 43.5. The molecule has 0 spiro atoms. The van der Waals surface area contributed by atoms with E-state index in [0.717, 1.165) is 87.6 Å². The molecule has 8 aromatic rings. The summed E-state index contributed by atoms with van der Waals surface area (Å²) in [6.45, 7) is 16.9. The minimum absolute atomic E-state index is 0.108. The van der Waals surface area contributed by atoms with E-state index in [4.69, 9.17) is 23.6 Å². The van der Waals surface area contributed by atoms with Crippen molar-refractivity contribution in [1.82, 2.24) is 39.7 Å². The first-order valence-corrected chi connectivity index (χ1v) is 23.3. The molecule has 0 saturated carbocycles. The fraction of sp³-hybridized carbons (Fsp3) is 0.350. The van der Waals surface area contributed by atoms with E-state index >= 15 is 0 Å². The van der Waals surface area contributed by atoms with Crippen LogP contribution in [0.5, 0.6) is 0 Å². The van der Waals surface area contributed by atoms with E-state index in [-0.39, 0.29) is 11.4 Å². The number of hydrogen-bond acceptors (Lipinski definition) is 12. The van der Waals surface area contributed by atoms with E-state index in [1.165, 1.54) is 10.8 Å². The van der Waals surface area contributed by atoms with Gasteiger partial charge in [-0.3, -0.25) is 9.13 Å². The number of rotatable bonds is 6. The molecule has 6 aromatic heterocycles. The van der Waals surface area contributed by atoms with Crippen LogP contribution in [0.2, 0.25) is 0 Å². The number of nitrogens with zero attached hydrogens (tertiary/aromatic N) is 6. The Morgan fingerprint density at radius 1 is 0.661 bits per heavy atom. The molecule has 0 atom stereocenters. The van der Waals surface area contributed by atoms with Gasteiger partial charge in [0, 0.05) is 45.4 Å². The topological polar surface area (TPSA) is 220 Å². The minimum atomic E-state index is -1.48. The molecule has 8 rings (SSSR count). The molecule has 0 aliphatic heterocycles. The zero-order valence-electron chi connectivity index (χ0n) is 35.1. The molecule has 314 valence electrons. The van der Waals surface area contributed by atoms with E-state index in [9.17, 15) is 9.59 Å². The van der Waals surface area contributed by atoms with Crippen molar-refractivity contribution in [2.24, 2.45) is 14.1 Å². The number of hydrogen-bond donors (Lipinski definition) is 4. The Kier molecular flexibility index (Phi) is 14.7. The van der Waals surface area contributed by atoms with Crippen molar-refractivity contribution >= 4 is 57.2 Å². The average Bonchev–Trinajstić information content (AvgIpc) is 4.00. The summed E-state index contributed by atoms with van der Waals surface area (Å²) in [6.07, 6.45) is 1.39. The smallest absolute Gasteiger partial charge is 0.423 e. The van der Waals surface area contributed by atoms with Gasteiger partial charge in [0.05, 0.1) is 44.8 Å². The summed E-state index contributed by atoms with van der Waals surface area (Å²) in [4.78, 5) is 32.0. The Balaban J connectivity index is 0.000000171. The molecular weight excluding hydrogens is 985 g/mol. The SMILES string of the molecule is CCC[I-]C.Cc1noc(C)c1-c1cc(-c2c(C)noc2C)c2c(c1)[nH]c(=O)n2C.Cc1noc(C)c1-c1cc(I)c2c(c1)[nH]c(=O)n2C.Cc1noc(C)c1B(O)O. The monoisotopic (exact) mass is 1030 g/mol. The summed E-state index contributed by atoms with van der Waals surface area (Å²) >= 11 is 2.85. The van der Waals surface area contributed by atoms with Crippen LogP contribution in [-0.2, 0) is 14.1 Å². The van der Waals surface area contributed by atoms with Crippen LogP contribution in [0.25, 0.3) is 55.4 Å². The first-order valence-electron chi connectivity index (χ1n) is 18.5. The summed E-state index contributed by atoms with van der Waals surface area (Å²) in [6, 6.07) is 7.99. The number of alkyl halides is 2. The van der Waals surface area contributed by atoms with Crippen molar-refractivity contribution in [1.29, 1.82) is 0 Å². The Morgan fingerprint density at radius 2 is 1.08 bits per heavy atom. The maximum atomic E-state index is 12.2. The standard InChI is InChI=1S/C18H18N4O3.C13H12IN3O2.C5H8BNO3.C4H10I/c1-8-15(10(3)24-20-8)12-6-13(16-9(2)21-25-11(16)4)17-14(7-12)19-18(23)22(17)5;1-6-11(7(2)19-16-6)8-4-9(14)12-10(5-8)15-13(18)17(12)3;1-3-5(6(8)9)4(2)10-7-3;1-3-4-5-2/h6-7H,1-5H3,(H,19,23);4-5H,1-3H3,(H,15,18);8-9H,1-2H3;3-4H2,1-2H3/q;;;-1. The predicted molar refractivity (Wildman–Crippen MR) is 232 cm³/mol. The van der Waals surface area contributed by atoms with Gasteiger partial charge < -0.3 is 38.1 Å². The summed E-state index contributed by atoms with van der Waals surface area (Å²) in [5.74, 6) is 2.68. The van der Waals surface area contributed by atoms with Gasteiger partial charge in [-0.15, -0.1) is 0 Å². The number of benzene rings is 2. The van der Waals surface area contributed by atoms with Crippen molar-refractivity contribution in [3.8, 4) is 33.4 Å². The van der Waals surface area contributed by atoms with Gasteiger partial charge in [-0.05, 0) is 113 Å². The molecule has 59 heavy (non-hydrogen) atoms. The Morgan fingerprint density at radius 3 is 1.46 bits per heavy atom. The van der Waals surface area contributed by atoms with Crippen LogP contribution in [-0.4, -0.2) is 66.3 Å². The number of fused-ring (bicyclic) bond motifs is 2. The van der Waals surface area contributed by atoms with Gasteiger partial charge >= 0.3 is 62.4 Å². The van der Waals surface area contributed by atoms with E-state index < -0.39 is 7.12 Å². The molecule has 0 unspecified atom stereocenters. The second-order valence-electron chi connectivity index (χ2n) is 13.9. The van der Waals surface area contributed by atoms with Gasteiger partial charge in [-0.25, -0.2) is 9.59 Å². The molecule has 0 bridgehead atoms. The summed E-state index contributed by atoms with van der Waals surface area (Å²) in [5.41, 5.74) is 12.0. The van der Waals surface area contributed by atoms with Crippen LogP contribution in [0.15, 0.2) is 51.9 Å². The molecule has 0 aliphatic carbocycles. The molecule has 0 radical (unpaired) electrons. The molecule has 2 aromatic carbocycles. The molecule has 0 saturated heterocycles. The maximum Gasteiger partial charge on any atom is 0.494 e. The number of H-pyrrole nitrogens is 2. The second kappa shape index (κ2) is 19.1. The van der Waals surface area contributed by atoms with Gasteiger partial charge in [-0.1, -0.05) is 20.6 Å². The van der Waals surface area contributed by atoms with E-state index in [1.807, 2.05) is 65.8 Å². The number of nitrogens with one attached hydrogen (secondary N) is 2. The Bertz CT molecular complexity index is 2770. The van der Waals surface area contributed by atoms with Crippen molar-refractivity contribution in [2.45, 2.75) is 68.7 Å². The van der Waals surface area contributed by atoms with Crippen molar-refractivity contribution < 1.29 is 49.3 Å². The normalized spacial score (nSPS) is 11.0. The molecule has 16 nitrogen and oxygen atoms in total. The molecule has 6 heterocycles. The zero-order valence-corrected chi connectivity index (χ0v) is 39.4. The van der Waals surface area contributed by atoms with Crippen molar-refractivity contribution in [3.05, 3.63) is 94.6 Å².